The van der Waals surface area contributed by atoms with Gasteiger partial charge in [-0.05, 0) is 26.7 Å². The number of likely N-dealkylation sites (tertiary alicyclic amines) is 1. The maximum atomic E-state index is 11.0. The van der Waals surface area contributed by atoms with Gasteiger partial charge in [-0.25, -0.2) is 4.79 Å². The van der Waals surface area contributed by atoms with Gasteiger partial charge < -0.3 is 15.0 Å². The Hall–Kier alpha value is -0.770. The second-order valence-corrected chi connectivity index (χ2v) is 4.61. The molecule has 0 aromatic carbocycles. The minimum atomic E-state index is -0.247. The molecule has 4 nitrogen and oxygen atoms in total. The van der Waals surface area contributed by atoms with E-state index in [9.17, 15) is 4.79 Å². The number of hydrogen-bond acceptors (Lipinski definition) is 3. The molecule has 0 atom stereocenters. The molecule has 1 spiro atoms. The number of carbonyl (C=O) groups excluding carboxylic acids is 1. The lowest BCUT2D eigenvalue weighted by atomic mass is 9.88. The van der Waals surface area contributed by atoms with Crippen LogP contribution in [0.25, 0.3) is 0 Å². The lowest BCUT2D eigenvalue weighted by Crippen LogP contribution is -2.53. The van der Waals surface area contributed by atoms with Gasteiger partial charge in [0.25, 0.3) is 0 Å². The molecule has 2 heterocycles. The van der Waals surface area contributed by atoms with E-state index in [0.717, 1.165) is 25.9 Å². The predicted octanol–water partition coefficient (Wildman–Crippen LogP) is 0.969. The molecule has 14 heavy (non-hydrogen) atoms. The van der Waals surface area contributed by atoms with Crippen LogP contribution in [-0.2, 0) is 4.74 Å². The number of carbonyl (C=O) groups is 1. The smallest absolute Gasteiger partial charge is 0.407 e. The lowest BCUT2D eigenvalue weighted by molar-refractivity contribution is 0.108. The summed E-state index contributed by atoms with van der Waals surface area (Å²) in [5, 5.41) is 2.94. The fourth-order valence-corrected chi connectivity index (χ4v) is 2.23. The third kappa shape index (κ3) is 1.71. The van der Waals surface area contributed by atoms with Crippen molar-refractivity contribution in [1.82, 2.24) is 10.2 Å². The molecule has 2 fully saturated rings. The summed E-state index contributed by atoms with van der Waals surface area (Å²) in [4.78, 5) is 13.4. The van der Waals surface area contributed by atoms with E-state index in [4.69, 9.17) is 4.74 Å². The quantitative estimate of drug-likeness (QED) is 0.682. The second kappa shape index (κ2) is 3.42. The minimum Gasteiger partial charge on any atom is -0.447 e. The standard InChI is InChI=1S/C10H18N2O2/c1-8(2)12-5-3-10(4-6-12)7-14-9(13)11-10/h8H,3-7H2,1-2H3,(H,11,13). The van der Waals surface area contributed by atoms with Gasteiger partial charge in [-0.1, -0.05) is 0 Å². The summed E-state index contributed by atoms with van der Waals surface area (Å²) >= 11 is 0. The maximum Gasteiger partial charge on any atom is 0.407 e. The molecule has 2 aliphatic rings. The minimum absolute atomic E-state index is 0.0531. The summed E-state index contributed by atoms with van der Waals surface area (Å²) in [5.74, 6) is 0. The molecule has 0 aromatic heterocycles. The van der Waals surface area contributed by atoms with Crippen molar-refractivity contribution >= 4 is 6.09 Å². The van der Waals surface area contributed by atoms with Gasteiger partial charge in [-0.15, -0.1) is 0 Å². The zero-order valence-electron chi connectivity index (χ0n) is 8.88. The number of nitrogens with zero attached hydrogens (tertiary/aromatic N) is 1. The van der Waals surface area contributed by atoms with Gasteiger partial charge in [0.15, 0.2) is 0 Å². The Bertz CT molecular complexity index is 232. The second-order valence-electron chi connectivity index (χ2n) is 4.61. The summed E-state index contributed by atoms with van der Waals surface area (Å²) < 4.78 is 4.97. The van der Waals surface area contributed by atoms with Gasteiger partial charge in [0, 0.05) is 19.1 Å². The molecule has 0 aromatic rings. The molecule has 0 bridgehead atoms. The van der Waals surface area contributed by atoms with Crippen LogP contribution in [0, 0.1) is 0 Å². The highest BCUT2D eigenvalue weighted by molar-refractivity contribution is 5.70. The van der Waals surface area contributed by atoms with Crippen LogP contribution in [0.15, 0.2) is 0 Å². The number of ether oxygens (including phenoxy) is 1. The van der Waals surface area contributed by atoms with E-state index in [1.165, 1.54) is 0 Å². The van der Waals surface area contributed by atoms with E-state index in [1.807, 2.05) is 0 Å². The topological polar surface area (TPSA) is 41.6 Å². The van der Waals surface area contributed by atoms with E-state index >= 15 is 0 Å². The number of nitrogens with one attached hydrogen (secondary N) is 1. The van der Waals surface area contributed by atoms with E-state index in [0.29, 0.717) is 12.6 Å². The molecular weight excluding hydrogens is 180 g/mol. The first-order valence-electron chi connectivity index (χ1n) is 5.30. The average Bonchev–Trinajstić information content (AvgIpc) is 2.48. The summed E-state index contributed by atoms with van der Waals surface area (Å²) in [5.41, 5.74) is -0.0531. The Morgan fingerprint density at radius 3 is 2.50 bits per heavy atom. The van der Waals surface area contributed by atoms with Crippen molar-refractivity contribution < 1.29 is 9.53 Å². The summed E-state index contributed by atoms with van der Waals surface area (Å²) in [6.07, 6.45) is 1.77. The highest BCUT2D eigenvalue weighted by Crippen LogP contribution is 2.27. The molecule has 0 aliphatic carbocycles. The summed E-state index contributed by atoms with van der Waals surface area (Å²) in [6, 6.07) is 0.602. The van der Waals surface area contributed by atoms with E-state index in [2.05, 4.69) is 24.1 Å². The number of rotatable bonds is 1. The zero-order chi connectivity index (χ0) is 10.2. The molecule has 2 saturated heterocycles. The van der Waals surface area contributed by atoms with E-state index in [1.54, 1.807) is 0 Å². The summed E-state index contributed by atoms with van der Waals surface area (Å²) in [7, 11) is 0. The Labute approximate surface area is 84.6 Å². The molecule has 0 saturated carbocycles. The first-order valence-corrected chi connectivity index (χ1v) is 5.30. The number of cyclic esters (lactones) is 1. The third-order valence-electron chi connectivity index (χ3n) is 3.33. The van der Waals surface area contributed by atoms with Crippen molar-refractivity contribution in [1.29, 1.82) is 0 Å². The maximum absolute atomic E-state index is 11.0. The predicted molar refractivity (Wildman–Crippen MR) is 53.2 cm³/mol. The van der Waals surface area contributed by atoms with Crippen molar-refractivity contribution in [3.63, 3.8) is 0 Å². The fraction of sp³-hybridized carbons (Fsp3) is 0.900. The Morgan fingerprint density at radius 1 is 1.43 bits per heavy atom. The number of amides is 1. The van der Waals surface area contributed by atoms with Crippen LogP contribution in [-0.4, -0.2) is 42.3 Å². The Morgan fingerprint density at radius 2 is 2.07 bits per heavy atom. The molecule has 80 valence electrons. The monoisotopic (exact) mass is 198 g/mol. The van der Waals surface area contributed by atoms with Crippen molar-refractivity contribution in [2.75, 3.05) is 19.7 Å². The Balaban J connectivity index is 1.92. The van der Waals surface area contributed by atoms with Crippen LogP contribution in [0.3, 0.4) is 0 Å². The van der Waals surface area contributed by atoms with Crippen LogP contribution in [0.1, 0.15) is 26.7 Å². The van der Waals surface area contributed by atoms with Gasteiger partial charge >= 0.3 is 6.09 Å². The van der Waals surface area contributed by atoms with Crippen molar-refractivity contribution in [2.24, 2.45) is 0 Å². The molecular formula is C10H18N2O2. The molecule has 1 N–H and O–H groups in total. The summed E-state index contributed by atoms with van der Waals surface area (Å²) in [6.45, 7) is 7.09. The lowest BCUT2D eigenvalue weighted by Gasteiger charge is -2.39. The number of hydrogen-bond donors (Lipinski definition) is 1. The third-order valence-corrected chi connectivity index (χ3v) is 3.33. The molecule has 1 amide bonds. The van der Waals surface area contributed by atoms with Gasteiger partial charge in [0.2, 0.25) is 0 Å². The van der Waals surface area contributed by atoms with E-state index in [-0.39, 0.29) is 11.6 Å². The van der Waals surface area contributed by atoms with Crippen LogP contribution >= 0.6 is 0 Å². The zero-order valence-corrected chi connectivity index (χ0v) is 8.88. The molecule has 0 unspecified atom stereocenters. The van der Waals surface area contributed by atoms with Gasteiger partial charge in [-0.3, -0.25) is 0 Å². The number of piperidine rings is 1. The van der Waals surface area contributed by atoms with Crippen molar-refractivity contribution in [2.45, 2.75) is 38.3 Å². The van der Waals surface area contributed by atoms with Crippen LogP contribution in [0.4, 0.5) is 4.79 Å². The van der Waals surface area contributed by atoms with E-state index < -0.39 is 0 Å². The molecule has 2 aliphatic heterocycles. The van der Waals surface area contributed by atoms with Gasteiger partial charge in [0.1, 0.15) is 6.61 Å². The normalized spacial score (nSPS) is 26.6. The van der Waals surface area contributed by atoms with Crippen molar-refractivity contribution in [3.8, 4) is 0 Å². The van der Waals surface area contributed by atoms with Crippen molar-refractivity contribution in [3.05, 3.63) is 0 Å². The number of alkyl carbamates (subject to hydrolysis) is 1. The van der Waals surface area contributed by atoms with Crippen LogP contribution < -0.4 is 5.32 Å². The molecule has 4 heteroatoms. The highest BCUT2D eigenvalue weighted by atomic mass is 16.6. The average molecular weight is 198 g/mol. The first kappa shape index (κ1) is 9.77. The van der Waals surface area contributed by atoms with Gasteiger partial charge in [0.05, 0.1) is 5.54 Å². The molecule has 2 rings (SSSR count). The first-order chi connectivity index (χ1) is 6.61. The Kier molecular flexibility index (Phi) is 2.39. The fourth-order valence-electron chi connectivity index (χ4n) is 2.23. The SMILES string of the molecule is CC(C)N1CCC2(CC1)COC(=O)N2. The van der Waals surface area contributed by atoms with Gasteiger partial charge in [-0.2, -0.15) is 0 Å². The largest absolute Gasteiger partial charge is 0.447 e. The van der Waals surface area contributed by atoms with Crippen LogP contribution in [0.2, 0.25) is 0 Å². The van der Waals surface area contributed by atoms with Crippen LogP contribution in [0.5, 0.6) is 0 Å². The highest BCUT2D eigenvalue weighted by Gasteiger charge is 2.42. The molecule has 0 radical (unpaired) electrons.